The summed E-state index contributed by atoms with van der Waals surface area (Å²) < 4.78 is 5.14. The fourth-order valence-corrected chi connectivity index (χ4v) is 1.06. The minimum atomic E-state index is -1.04. The van der Waals surface area contributed by atoms with Gasteiger partial charge in [0, 0.05) is 0 Å². The highest BCUT2D eigenvalue weighted by Crippen LogP contribution is 2.13. The van der Waals surface area contributed by atoms with Gasteiger partial charge in [-0.1, -0.05) is 0 Å². The third kappa shape index (κ3) is 4.52. The number of carboxylic acids is 1. The number of aliphatic carboxylic acids is 1. The van der Waals surface area contributed by atoms with Gasteiger partial charge in [-0.3, -0.25) is 0 Å². The molecule has 0 saturated carbocycles. The lowest BCUT2D eigenvalue weighted by Crippen LogP contribution is -2.24. The van der Waals surface area contributed by atoms with Crippen LogP contribution >= 0.6 is 0 Å². The van der Waals surface area contributed by atoms with Crippen molar-refractivity contribution in [3.63, 3.8) is 0 Å². The summed E-state index contributed by atoms with van der Waals surface area (Å²) >= 11 is 0. The Kier molecular flexibility index (Phi) is 4.67. The van der Waals surface area contributed by atoms with Crippen molar-refractivity contribution in [2.45, 2.75) is 13.0 Å². The number of carbonyl (C=O) groups excluding carboxylic acids is 1. The second kappa shape index (κ2) is 6.24. The lowest BCUT2D eigenvalue weighted by atomic mass is 10.2. The topological polar surface area (TPSA) is 114 Å². The van der Waals surface area contributed by atoms with E-state index in [4.69, 9.17) is 15.6 Å². The molecule has 1 aromatic rings. The summed E-state index contributed by atoms with van der Waals surface area (Å²) in [7, 11) is 0. The lowest BCUT2D eigenvalue weighted by molar-refractivity contribution is -0.144. The molecule has 2 amide bonds. The number of hydrogen-bond donors (Lipinski definition) is 3. The number of benzene rings is 1. The number of carboxylic acid groups (broad SMARTS) is 1. The molecule has 1 aromatic carbocycles. The second-order valence-electron chi connectivity index (χ2n) is 3.40. The summed E-state index contributed by atoms with van der Waals surface area (Å²) in [5.74, 6) is -0.601. The van der Waals surface area contributed by atoms with Gasteiger partial charge in [-0.2, -0.15) is 5.10 Å². The van der Waals surface area contributed by atoms with Crippen LogP contribution in [0.2, 0.25) is 0 Å². The van der Waals surface area contributed by atoms with Gasteiger partial charge in [-0.25, -0.2) is 15.0 Å². The molecule has 0 heterocycles. The molecule has 0 aromatic heterocycles. The Hall–Kier alpha value is -2.57. The molecule has 1 atom stereocenters. The Bertz CT molecular complexity index is 456. The largest absolute Gasteiger partial charge is 0.479 e. The van der Waals surface area contributed by atoms with Crippen molar-refractivity contribution in [3.05, 3.63) is 29.8 Å². The van der Waals surface area contributed by atoms with Crippen LogP contribution in [0.4, 0.5) is 4.79 Å². The van der Waals surface area contributed by atoms with E-state index in [1.165, 1.54) is 13.1 Å². The van der Waals surface area contributed by atoms with Crippen molar-refractivity contribution in [3.8, 4) is 5.75 Å². The maximum atomic E-state index is 10.6. The molecule has 0 fully saturated rings. The number of primary amides is 1. The minimum Gasteiger partial charge on any atom is -0.479 e. The molecule has 0 unspecified atom stereocenters. The molecule has 0 radical (unpaired) electrons. The van der Waals surface area contributed by atoms with Crippen molar-refractivity contribution in [1.82, 2.24) is 5.43 Å². The SMILES string of the molecule is C[C@@H](Oc1ccc(/C=N/NC(N)=O)cc1)C(=O)O. The number of hydrogen-bond acceptors (Lipinski definition) is 4. The number of nitrogens with two attached hydrogens (primary N) is 1. The fraction of sp³-hybridized carbons (Fsp3) is 0.182. The molecular formula is C11H13N3O4. The number of nitrogens with zero attached hydrogens (tertiary/aromatic N) is 1. The van der Waals surface area contributed by atoms with E-state index in [2.05, 4.69) is 10.5 Å². The Balaban J connectivity index is 2.60. The van der Waals surface area contributed by atoms with E-state index in [-0.39, 0.29) is 0 Å². The summed E-state index contributed by atoms with van der Waals surface area (Å²) in [4.78, 5) is 20.9. The van der Waals surface area contributed by atoms with Crippen LogP contribution in [-0.2, 0) is 4.79 Å². The number of ether oxygens (including phenoxy) is 1. The predicted octanol–water partition coefficient (Wildman–Crippen LogP) is 0.541. The molecular weight excluding hydrogens is 238 g/mol. The second-order valence-corrected chi connectivity index (χ2v) is 3.40. The van der Waals surface area contributed by atoms with Gasteiger partial charge in [-0.05, 0) is 36.8 Å². The van der Waals surface area contributed by atoms with Gasteiger partial charge in [0.2, 0.25) is 0 Å². The van der Waals surface area contributed by atoms with Crippen molar-refractivity contribution in [2.75, 3.05) is 0 Å². The first kappa shape index (κ1) is 13.5. The molecule has 0 aliphatic carbocycles. The number of rotatable bonds is 5. The van der Waals surface area contributed by atoms with E-state index in [1.807, 2.05) is 0 Å². The highest BCUT2D eigenvalue weighted by molar-refractivity contribution is 5.81. The average Bonchev–Trinajstić information content (AvgIpc) is 2.30. The standard InChI is InChI=1S/C11H13N3O4/c1-7(10(15)16)18-9-4-2-8(3-5-9)6-13-14-11(12)17/h2-7H,1H3,(H,15,16)(H3,12,14,17)/b13-6+/t7-/m1/s1. The smallest absolute Gasteiger partial charge is 0.344 e. The maximum Gasteiger partial charge on any atom is 0.344 e. The van der Waals surface area contributed by atoms with E-state index in [0.717, 1.165) is 0 Å². The van der Waals surface area contributed by atoms with Crippen LogP contribution in [0, 0.1) is 0 Å². The molecule has 7 heteroatoms. The molecule has 0 spiro atoms. The maximum absolute atomic E-state index is 10.6. The van der Waals surface area contributed by atoms with Gasteiger partial charge < -0.3 is 15.6 Å². The van der Waals surface area contributed by atoms with Gasteiger partial charge in [0.15, 0.2) is 6.10 Å². The molecule has 4 N–H and O–H groups in total. The zero-order valence-corrected chi connectivity index (χ0v) is 9.66. The average molecular weight is 251 g/mol. The zero-order chi connectivity index (χ0) is 13.5. The number of urea groups is 1. The van der Waals surface area contributed by atoms with E-state index < -0.39 is 18.1 Å². The molecule has 0 bridgehead atoms. The molecule has 96 valence electrons. The summed E-state index contributed by atoms with van der Waals surface area (Å²) in [6, 6.07) is 5.78. The number of hydrazone groups is 1. The molecule has 0 saturated heterocycles. The van der Waals surface area contributed by atoms with Crippen LogP contribution in [0.25, 0.3) is 0 Å². The number of carbonyl (C=O) groups is 2. The van der Waals surface area contributed by atoms with Crippen LogP contribution in [0.5, 0.6) is 5.75 Å². The first-order valence-electron chi connectivity index (χ1n) is 5.07. The van der Waals surface area contributed by atoms with Crippen LogP contribution in [-0.4, -0.2) is 29.4 Å². The molecule has 1 rings (SSSR count). The molecule has 0 aliphatic rings. The van der Waals surface area contributed by atoms with Crippen LogP contribution in [0.15, 0.2) is 29.4 Å². The zero-order valence-electron chi connectivity index (χ0n) is 9.66. The van der Waals surface area contributed by atoms with E-state index in [9.17, 15) is 9.59 Å². The number of amides is 2. The van der Waals surface area contributed by atoms with Gasteiger partial charge in [0.05, 0.1) is 6.21 Å². The van der Waals surface area contributed by atoms with Gasteiger partial charge in [-0.15, -0.1) is 0 Å². The summed E-state index contributed by atoms with van der Waals surface area (Å²) in [6.07, 6.45) is 0.482. The summed E-state index contributed by atoms with van der Waals surface area (Å²) in [5, 5.41) is 12.2. The van der Waals surface area contributed by atoms with E-state index in [0.29, 0.717) is 11.3 Å². The third-order valence-electron chi connectivity index (χ3n) is 1.93. The van der Waals surface area contributed by atoms with Crippen molar-refractivity contribution < 1.29 is 19.4 Å². The van der Waals surface area contributed by atoms with Gasteiger partial charge >= 0.3 is 12.0 Å². The first-order valence-corrected chi connectivity index (χ1v) is 5.07. The Labute approximate surface area is 103 Å². The van der Waals surface area contributed by atoms with Crippen molar-refractivity contribution in [1.29, 1.82) is 0 Å². The monoisotopic (exact) mass is 251 g/mol. The van der Waals surface area contributed by atoms with Crippen LogP contribution < -0.4 is 15.9 Å². The summed E-state index contributed by atoms with van der Waals surface area (Å²) in [6.45, 7) is 1.44. The highest BCUT2D eigenvalue weighted by Gasteiger charge is 2.11. The summed E-state index contributed by atoms with van der Waals surface area (Å²) in [5.41, 5.74) is 7.59. The quantitative estimate of drug-likeness (QED) is 0.523. The van der Waals surface area contributed by atoms with Crippen LogP contribution in [0.3, 0.4) is 0 Å². The number of nitrogens with one attached hydrogen (secondary N) is 1. The van der Waals surface area contributed by atoms with Crippen molar-refractivity contribution in [2.24, 2.45) is 10.8 Å². The van der Waals surface area contributed by atoms with E-state index in [1.54, 1.807) is 24.3 Å². The normalized spacial score (nSPS) is 12.1. The van der Waals surface area contributed by atoms with E-state index >= 15 is 0 Å². The van der Waals surface area contributed by atoms with Crippen molar-refractivity contribution >= 4 is 18.2 Å². The molecule has 0 aliphatic heterocycles. The Morgan fingerprint density at radius 2 is 2.06 bits per heavy atom. The van der Waals surface area contributed by atoms with Crippen LogP contribution in [0.1, 0.15) is 12.5 Å². The van der Waals surface area contributed by atoms with Gasteiger partial charge in [0.1, 0.15) is 5.75 Å². The third-order valence-corrected chi connectivity index (χ3v) is 1.93. The first-order chi connectivity index (χ1) is 8.49. The lowest BCUT2D eigenvalue weighted by Gasteiger charge is -2.09. The Morgan fingerprint density at radius 3 is 2.56 bits per heavy atom. The van der Waals surface area contributed by atoms with Gasteiger partial charge in [0.25, 0.3) is 0 Å². The molecule has 18 heavy (non-hydrogen) atoms. The minimum absolute atomic E-state index is 0.435. The highest BCUT2D eigenvalue weighted by atomic mass is 16.5. The predicted molar refractivity (Wildman–Crippen MR) is 64.5 cm³/mol. The fourth-order valence-electron chi connectivity index (χ4n) is 1.06. The Morgan fingerprint density at radius 1 is 1.44 bits per heavy atom. The molecule has 7 nitrogen and oxygen atoms in total.